The molecule has 0 radical (unpaired) electrons. The normalized spacial score (nSPS) is 19.4. The third kappa shape index (κ3) is 2.53. The average molecular weight is 252 g/mol. The molecule has 0 aromatic carbocycles. The smallest absolute Gasteiger partial charge is 0.264 e. The van der Waals surface area contributed by atoms with E-state index in [0.29, 0.717) is 0 Å². The largest absolute Gasteiger partial charge is 0.330 e. The van der Waals surface area contributed by atoms with Crippen molar-refractivity contribution < 1.29 is 4.79 Å². The van der Waals surface area contributed by atoms with Crippen molar-refractivity contribution in [1.82, 2.24) is 10.2 Å². The number of rotatable bonds is 2. The van der Waals surface area contributed by atoms with Gasteiger partial charge in [-0.3, -0.25) is 4.79 Å². The highest BCUT2D eigenvalue weighted by molar-refractivity contribution is 7.14. The zero-order valence-electron chi connectivity index (χ0n) is 10.7. The summed E-state index contributed by atoms with van der Waals surface area (Å²) < 4.78 is 0. The van der Waals surface area contributed by atoms with Crippen molar-refractivity contribution in [2.45, 2.75) is 32.7 Å². The molecule has 17 heavy (non-hydrogen) atoms. The van der Waals surface area contributed by atoms with E-state index in [-0.39, 0.29) is 11.4 Å². The van der Waals surface area contributed by atoms with Gasteiger partial charge in [0.15, 0.2) is 0 Å². The maximum Gasteiger partial charge on any atom is 0.264 e. The zero-order valence-corrected chi connectivity index (χ0v) is 11.6. The van der Waals surface area contributed by atoms with Crippen LogP contribution in [0.5, 0.6) is 0 Å². The molecule has 1 fully saturated rings. The molecule has 1 aromatic rings. The summed E-state index contributed by atoms with van der Waals surface area (Å²) in [6.45, 7) is 8.91. The first-order valence-corrected chi connectivity index (χ1v) is 6.97. The number of amides is 1. The van der Waals surface area contributed by atoms with E-state index in [9.17, 15) is 4.79 Å². The average Bonchev–Trinajstić information content (AvgIpc) is 2.76. The Labute approximate surface area is 107 Å². The zero-order chi connectivity index (χ0) is 12.5. The first-order valence-electron chi connectivity index (χ1n) is 6.16. The van der Waals surface area contributed by atoms with Gasteiger partial charge in [0.05, 0.1) is 10.4 Å². The van der Waals surface area contributed by atoms with Crippen molar-refractivity contribution >= 4 is 17.2 Å². The number of piperazine rings is 1. The highest BCUT2D eigenvalue weighted by Gasteiger charge is 2.34. The molecule has 1 aliphatic heterocycles. The first kappa shape index (κ1) is 12.6. The lowest BCUT2D eigenvalue weighted by Crippen LogP contribution is -2.59. The molecule has 3 nitrogen and oxygen atoms in total. The Morgan fingerprint density at radius 2 is 2.29 bits per heavy atom. The molecule has 1 aromatic heterocycles. The summed E-state index contributed by atoms with van der Waals surface area (Å²) in [4.78, 5) is 16.6. The third-order valence-corrected chi connectivity index (χ3v) is 4.48. The SMILES string of the molecule is CCc1ccc(C(=O)N2CCNCC2(C)C)s1. The summed E-state index contributed by atoms with van der Waals surface area (Å²) in [6.07, 6.45) is 1.00. The Morgan fingerprint density at radius 3 is 2.88 bits per heavy atom. The van der Waals surface area contributed by atoms with Crippen molar-refractivity contribution in [3.8, 4) is 0 Å². The van der Waals surface area contributed by atoms with Crippen LogP contribution in [-0.2, 0) is 6.42 Å². The van der Waals surface area contributed by atoms with E-state index in [1.807, 2.05) is 11.0 Å². The van der Waals surface area contributed by atoms with Gasteiger partial charge >= 0.3 is 0 Å². The second-order valence-electron chi connectivity index (χ2n) is 5.07. The van der Waals surface area contributed by atoms with Crippen molar-refractivity contribution in [2.24, 2.45) is 0 Å². The van der Waals surface area contributed by atoms with Gasteiger partial charge < -0.3 is 10.2 Å². The molecule has 0 bridgehead atoms. The molecular weight excluding hydrogens is 232 g/mol. The van der Waals surface area contributed by atoms with Gasteiger partial charge in [0.25, 0.3) is 5.91 Å². The van der Waals surface area contributed by atoms with Crippen LogP contribution in [0.15, 0.2) is 12.1 Å². The van der Waals surface area contributed by atoms with Crippen LogP contribution in [0.3, 0.4) is 0 Å². The number of hydrogen-bond donors (Lipinski definition) is 1. The number of nitrogens with zero attached hydrogens (tertiary/aromatic N) is 1. The first-order chi connectivity index (χ1) is 8.04. The van der Waals surface area contributed by atoms with Crippen LogP contribution in [0, 0.1) is 0 Å². The van der Waals surface area contributed by atoms with E-state index >= 15 is 0 Å². The van der Waals surface area contributed by atoms with E-state index < -0.39 is 0 Å². The highest BCUT2D eigenvalue weighted by Crippen LogP contribution is 2.24. The van der Waals surface area contributed by atoms with E-state index in [2.05, 4.69) is 32.2 Å². The van der Waals surface area contributed by atoms with Gasteiger partial charge in [-0.2, -0.15) is 0 Å². The molecule has 0 aliphatic carbocycles. The van der Waals surface area contributed by atoms with Crippen LogP contribution < -0.4 is 5.32 Å². The molecule has 1 amide bonds. The quantitative estimate of drug-likeness (QED) is 0.874. The fraction of sp³-hybridized carbons (Fsp3) is 0.615. The Kier molecular flexibility index (Phi) is 3.54. The summed E-state index contributed by atoms with van der Waals surface area (Å²) in [5, 5.41) is 3.34. The Morgan fingerprint density at radius 1 is 1.53 bits per heavy atom. The Bertz CT molecular complexity index is 411. The van der Waals surface area contributed by atoms with Crippen molar-refractivity contribution in [3.05, 3.63) is 21.9 Å². The molecule has 4 heteroatoms. The number of carbonyl (C=O) groups excluding carboxylic acids is 1. The molecule has 2 heterocycles. The second-order valence-corrected chi connectivity index (χ2v) is 6.23. The standard InChI is InChI=1S/C13H20N2OS/c1-4-10-5-6-11(17-10)12(16)15-8-7-14-9-13(15,2)3/h5-6,14H,4,7-9H2,1-3H3. The van der Waals surface area contributed by atoms with E-state index in [1.165, 1.54) is 4.88 Å². The van der Waals surface area contributed by atoms with E-state index in [0.717, 1.165) is 30.9 Å². The minimum atomic E-state index is -0.0916. The van der Waals surface area contributed by atoms with Gasteiger partial charge in [-0.05, 0) is 32.4 Å². The third-order valence-electron chi connectivity index (χ3n) is 3.27. The lowest BCUT2D eigenvalue weighted by molar-refractivity contribution is 0.0482. The highest BCUT2D eigenvalue weighted by atomic mass is 32.1. The van der Waals surface area contributed by atoms with Crippen molar-refractivity contribution in [2.75, 3.05) is 19.6 Å². The van der Waals surface area contributed by atoms with Gasteiger partial charge in [-0.15, -0.1) is 11.3 Å². The summed E-state index contributed by atoms with van der Waals surface area (Å²) in [7, 11) is 0. The van der Waals surface area contributed by atoms with Crippen molar-refractivity contribution in [1.29, 1.82) is 0 Å². The van der Waals surface area contributed by atoms with Crippen molar-refractivity contribution in [3.63, 3.8) is 0 Å². The summed E-state index contributed by atoms with van der Waals surface area (Å²) >= 11 is 1.62. The topological polar surface area (TPSA) is 32.3 Å². The number of aryl methyl sites for hydroxylation is 1. The fourth-order valence-electron chi connectivity index (χ4n) is 2.18. The molecule has 1 aliphatic rings. The Hall–Kier alpha value is -0.870. The molecular formula is C13H20N2OS. The van der Waals surface area contributed by atoms with Crippen LogP contribution in [0.1, 0.15) is 35.3 Å². The minimum absolute atomic E-state index is 0.0916. The summed E-state index contributed by atoms with van der Waals surface area (Å²) in [6, 6.07) is 4.02. The van der Waals surface area contributed by atoms with Crippen LogP contribution in [0.25, 0.3) is 0 Å². The molecule has 1 saturated heterocycles. The van der Waals surface area contributed by atoms with Crippen LogP contribution in [0.2, 0.25) is 0 Å². The predicted molar refractivity (Wildman–Crippen MR) is 71.7 cm³/mol. The molecule has 0 atom stereocenters. The molecule has 0 spiro atoms. The van der Waals surface area contributed by atoms with Gasteiger partial charge in [0.2, 0.25) is 0 Å². The number of carbonyl (C=O) groups is 1. The maximum absolute atomic E-state index is 12.5. The van der Waals surface area contributed by atoms with Crippen LogP contribution in [-0.4, -0.2) is 36.0 Å². The molecule has 0 unspecified atom stereocenters. The second kappa shape index (κ2) is 4.78. The predicted octanol–water partition coefficient (Wildman–Crippen LogP) is 2.13. The van der Waals surface area contributed by atoms with Gasteiger partial charge in [0, 0.05) is 24.5 Å². The summed E-state index contributed by atoms with van der Waals surface area (Å²) in [5.41, 5.74) is -0.0916. The fourth-order valence-corrected chi connectivity index (χ4v) is 3.07. The number of hydrogen-bond acceptors (Lipinski definition) is 3. The van der Waals surface area contributed by atoms with Crippen LogP contribution in [0.4, 0.5) is 0 Å². The van der Waals surface area contributed by atoms with E-state index in [1.54, 1.807) is 11.3 Å². The van der Waals surface area contributed by atoms with Gasteiger partial charge in [0.1, 0.15) is 0 Å². The van der Waals surface area contributed by atoms with Crippen LogP contribution >= 0.6 is 11.3 Å². The number of nitrogens with one attached hydrogen (secondary N) is 1. The molecule has 0 saturated carbocycles. The molecule has 94 valence electrons. The number of thiophene rings is 1. The van der Waals surface area contributed by atoms with E-state index in [4.69, 9.17) is 0 Å². The van der Waals surface area contributed by atoms with Gasteiger partial charge in [-0.1, -0.05) is 6.92 Å². The summed E-state index contributed by atoms with van der Waals surface area (Å²) in [5.74, 6) is 0.182. The van der Waals surface area contributed by atoms with Gasteiger partial charge in [-0.25, -0.2) is 0 Å². The maximum atomic E-state index is 12.5. The monoisotopic (exact) mass is 252 g/mol. The minimum Gasteiger partial charge on any atom is -0.330 e. The lowest BCUT2D eigenvalue weighted by atomic mass is 10.00. The molecule has 2 rings (SSSR count). The molecule has 1 N–H and O–H groups in total. The lowest BCUT2D eigenvalue weighted by Gasteiger charge is -2.42. The Balaban J connectivity index is 2.18.